The van der Waals surface area contributed by atoms with Crippen molar-refractivity contribution in [2.75, 3.05) is 19.3 Å². The van der Waals surface area contributed by atoms with Crippen molar-refractivity contribution in [2.24, 2.45) is 0 Å². The number of ether oxygens (including phenoxy) is 1. The molecule has 0 N–H and O–H groups in total. The molecule has 1 aliphatic heterocycles. The number of hydrogen-bond donors (Lipinski definition) is 0. The third-order valence-electron chi connectivity index (χ3n) is 5.82. The number of piperidine rings is 1. The molecule has 3 heterocycles. The number of likely N-dealkylation sites (tertiary alicyclic amines) is 1. The van der Waals surface area contributed by atoms with E-state index in [0.29, 0.717) is 25.6 Å². The summed E-state index contributed by atoms with van der Waals surface area (Å²) in [5.41, 5.74) is 2.43. The minimum Gasteiger partial charge on any atom is -0.444 e. The number of carbonyl (C=O) groups is 1. The number of amides is 1. The molecule has 0 atom stereocenters. The van der Waals surface area contributed by atoms with Gasteiger partial charge in [0, 0.05) is 30.9 Å². The first-order chi connectivity index (χ1) is 15.5. The minimum atomic E-state index is -3.25. The molecule has 0 unspecified atom stereocenters. The van der Waals surface area contributed by atoms with Crippen LogP contribution in [-0.2, 0) is 21.1 Å². The largest absolute Gasteiger partial charge is 0.444 e. The lowest BCUT2D eigenvalue weighted by atomic mass is 9.90. The van der Waals surface area contributed by atoms with Crippen molar-refractivity contribution in [3.05, 3.63) is 54.0 Å². The number of carbonyl (C=O) groups excluding carboxylic acids is 1. The van der Waals surface area contributed by atoms with E-state index in [1.54, 1.807) is 29.3 Å². The lowest BCUT2D eigenvalue weighted by molar-refractivity contribution is 0.0205. The summed E-state index contributed by atoms with van der Waals surface area (Å²) in [4.78, 5) is 19.0. The van der Waals surface area contributed by atoms with Gasteiger partial charge >= 0.3 is 6.09 Å². The molecular weight excluding hydrogens is 440 g/mol. The van der Waals surface area contributed by atoms with E-state index >= 15 is 0 Å². The molecule has 1 saturated heterocycles. The molecule has 0 saturated carbocycles. The van der Waals surface area contributed by atoms with E-state index in [-0.39, 0.29) is 11.0 Å². The normalized spacial score (nSPS) is 15.7. The molecular formula is C24H30N4O4S. The zero-order valence-corrected chi connectivity index (χ0v) is 20.3. The van der Waals surface area contributed by atoms with Gasteiger partial charge in [-0.15, -0.1) is 0 Å². The summed E-state index contributed by atoms with van der Waals surface area (Å²) < 4.78 is 30.9. The predicted octanol–water partition coefficient (Wildman–Crippen LogP) is 4.00. The number of rotatable bonds is 4. The van der Waals surface area contributed by atoms with Crippen LogP contribution in [-0.4, -0.2) is 59.1 Å². The number of sulfone groups is 1. The SMILES string of the molecule is CC(C)(C)OC(=O)N1CCC(c2ccc(Cn3ncc4cc(S(C)(=O)=O)ccc43)nc2)CC1. The maximum Gasteiger partial charge on any atom is 0.410 e. The van der Waals surface area contributed by atoms with Crippen LogP contribution in [0.2, 0.25) is 0 Å². The highest BCUT2D eigenvalue weighted by atomic mass is 32.2. The van der Waals surface area contributed by atoms with Crippen LogP contribution >= 0.6 is 0 Å². The fraction of sp³-hybridized carbons (Fsp3) is 0.458. The third-order valence-corrected chi connectivity index (χ3v) is 6.93. The van der Waals surface area contributed by atoms with Gasteiger partial charge in [-0.05, 0) is 69.4 Å². The van der Waals surface area contributed by atoms with Crippen LogP contribution in [0, 0.1) is 0 Å². The van der Waals surface area contributed by atoms with Crippen LogP contribution < -0.4 is 0 Å². The number of fused-ring (bicyclic) bond motifs is 1. The summed E-state index contributed by atoms with van der Waals surface area (Å²) in [7, 11) is -3.25. The topological polar surface area (TPSA) is 94.4 Å². The van der Waals surface area contributed by atoms with E-state index in [4.69, 9.17) is 4.74 Å². The molecule has 0 spiro atoms. The fourth-order valence-corrected chi connectivity index (χ4v) is 4.72. The quantitative estimate of drug-likeness (QED) is 0.572. The highest BCUT2D eigenvalue weighted by Crippen LogP contribution is 2.28. The van der Waals surface area contributed by atoms with Gasteiger partial charge in [-0.25, -0.2) is 13.2 Å². The molecule has 9 heteroatoms. The Hall–Kier alpha value is -2.94. The average Bonchev–Trinajstić information content (AvgIpc) is 3.15. The van der Waals surface area contributed by atoms with Crippen LogP contribution in [0.4, 0.5) is 4.79 Å². The van der Waals surface area contributed by atoms with Gasteiger partial charge in [0.15, 0.2) is 9.84 Å². The van der Waals surface area contributed by atoms with Gasteiger partial charge in [-0.2, -0.15) is 5.10 Å². The molecule has 1 aromatic carbocycles. The van der Waals surface area contributed by atoms with E-state index in [0.717, 1.165) is 29.4 Å². The number of benzene rings is 1. The molecule has 0 bridgehead atoms. The minimum absolute atomic E-state index is 0.246. The van der Waals surface area contributed by atoms with Crippen molar-refractivity contribution in [1.82, 2.24) is 19.7 Å². The second kappa shape index (κ2) is 8.78. The molecule has 0 aliphatic carbocycles. The Bertz CT molecular complexity index is 1250. The standard InChI is InChI=1S/C24H30N4O4S/c1-24(2,3)32-23(29)27-11-9-17(10-12-27)18-5-6-20(25-14-18)16-28-22-8-7-21(33(4,30)31)13-19(22)15-26-28/h5-8,13-15,17H,9-12,16H2,1-4H3. The molecule has 3 aromatic rings. The fourth-order valence-electron chi connectivity index (χ4n) is 4.07. The molecule has 2 aromatic heterocycles. The number of nitrogens with zero attached hydrogens (tertiary/aromatic N) is 4. The van der Waals surface area contributed by atoms with Crippen molar-refractivity contribution >= 4 is 26.8 Å². The third kappa shape index (κ3) is 5.52. The van der Waals surface area contributed by atoms with Crippen molar-refractivity contribution in [1.29, 1.82) is 0 Å². The van der Waals surface area contributed by atoms with Gasteiger partial charge < -0.3 is 9.64 Å². The van der Waals surface area contributed by atoms with Gasteiger partial charge in [-0.1, -0.05) is 6.07 Å². The van der Waals surface area contributed by atoms with Crippen molar-refractivity contribution < 1.29 is 17.9 Å². The molecule has 33 heavy (non-hydrogen) atoms. The van der Waals surface area contributed by atoms with Gasteiger partial charge in [0.05, 0.1) is 28.8 Å². The highest BCUT2D eigenvalue weighted by Gasteiger charge is 2.27. The summed E-state index contributed by atoms with van der Waals surface area (Å²) in [5, 5.41) is 5.19. The van der Waals surface area contributed by atoms with E-state index < -0.39 is 15.4 Å². The van der Waals surface area contributed by atoms with Crippen molar-refractivity contribution in [3.63, 3.8) is 0 Å². The first kappa shape index (κ1) is 23.2. The molecule has 8 nitrogen and oxygen atoms in total. The Morgan fingerprint density at radius 3 is 2.45 bits per heavy atom. The number of hydrogen-bond acceptors (Lipinski definition) is 6. The van der Waals surface area contributed by atoms with Gasteiger partial charge in [0.25, 0.3) is 0 Å². The maximum absolute atomic E-state index is 12.3. The molecule has 0 radical (unpaired) electrons. The second-order valence-corrected chi connectivity index (χ2v) is 11.6. The van der Waals surface area contributed by atoms with Gasteiger partial charge in [-0.3, -0.25) is 9.67 Å². The predicted molar refractivity (Wildman–Crippen MR) is 126 cm³/mol. The summed E-state index contributed by atoms with van der Waals surface area (Å²) >= 11 is 0. The summed E-state index contributed by atoms with van der Waals surface area (Å²) in [5.74, 6) is 0.366. The lowest BCUT2D eigenvalue weighted by Crippen LogP contribution is -2.41. The molecule has 1 aliphatic rings. The zero-order valence-electron chi connectivity index (χ0n) is 19.5. The Labute approximate surface area is 194 Å². The first-order valence-corrected chi connectivity index (χ1v) is 13.0. The van der Waals surface area contributed by atoms with Crippen LogP contribution in [0.25, 0.3) is 10.9 Å². The first-order valence-electron chi connectivity index (χ1n) is 11.1. The zero-order chi connectivity index (χ0) is 23.8. The maximum atomic E-state index is 12.3. The molecule has 4 rings (SSSR count). The van der Waals surface area contributed by atoms with E-state index in [9.17, 15) is 13.2 Å². The summed E-state index contributed by atoms with van der Waals surface area (Å²) in [6.45, 7) is 7.49. The monoisotopic (exact) mass is 470 g/mol. The van der Waals surface area contributed by atoms with Crippen LogP contribution in [0.1, 0.15) is 50.8 Å². The van der Waals surface area contributed by atoms with Crippen LogP contribution in [0.5, 0.6) is 0 Å². The summed E-state index contributed by atoms with van der Waals surface area (Å²) in [6, 6.07) is 9.15. The Balaban J connectivity index is 1.39. The Morgan fingerprint density at radius 1 is 1.12 bits per heavy atom. The van der Waals surface area contributed by atoms with Gasteiger partial charge in [0.1, 0.15) is 5.60 Å². The van der Waals surface area contributed by atoms with E-state index in [1.807, 2.05) is 37.7 Å². The van der Waals surface area contributed by atoms with Gasteiger partial charge in [0.2, 0.25) is 0 Å². The van der Waals surface area contributed by atoms with E-state index in [2.05, 4.69) is 16.1 Å². The Morgan fingerprint density at radius 2 is 1.85 bits per heavy atom. The van der Waals surface area contributed by atoms with Crippen molar-refractivity contribution in [3.8, 4) is 0 Å². The Kier molecular flexibility index (Phi) is 6.18. The second-order valence-electron chi connectivity index (χ2n) is 9.62. The molecule has 1 amide bonds. The van der Waals surface area contributed by atoms with Crippen LogP contribution in [0.3, 0.4) is 0 Å². The number of aromatic nitrogens is 3. The van der Waals surface area contributed by atoms with Crippen molar-refractivity contribution in [2.45, 2.75) is 56.6 Å². The average molecular weight is 471 g/mol. The highest BCUT2D eigenvalue weighted by molar-refractivity contribution is 7.90. The molecule has 1 fully saturated rings. The van der Waals surface area contributed by atoms with E-state index in [1.165, 1.54) is 11.8 Å². The summed E-state index contributed by atoms with van der Waals surface area (Å²) in [6.07, 6.45) is 6.31. The molecule has 176 valence electrons. The number of pyridine rings is 1. The smallest absolute Gasteiger partial charge is 0.410 e. The lowest BCUT2D eigenvalue weighted by Gasteiger charge is -2.33. The van der Waals surface area contributed by atoms with Crippen LogP contribution in [0.15, 0.2) is 47.6 Å².